The maximum atomic E-state index is 12.8. The number of aryl methyl sites for hydroxylation is 1. The highest BCUT2D eigenvalue weighted by molar-refractivity contribution is 6.76. The molecular formula is C22H33N5O2Si. The molecule has 1 N–H and O–H groups in total. The Bertz CT molecular complexity index is 890. The minimum atomic E-state index is -1.10. The molecule has 7 nitrogen and oxygen atoms in total. The van der Waals surface area contributed by atoms with Crippen molar-refractivity contribution in [2.45, 2.75) is 45.4 Å². The van der Waals surface area contributed by atoms with Crippen molar-refractivity contribution >= 4 is 19.8 Å². The highest BCUT2D eigenvalue weighted by Crippen LogP contribution is 2.28. The first-order valence-electron chi connectivity index (χ1n) is 10.8. The van der Waals surface area contributed by atoms with E-state index in [0.717, 1.165) is 61.6 Å². The zero-order chi connectivity index (χ0) is 21.3. The van der Waals surface area contributed by atoms with E-state index < -0.39 is 8.07 Å². The molecule has 162 valence electrons. The molecule has 2 saturated heterocycles. The first-order valence-corrected chi connectivity index (χ1v) is 14.5. The average molecular weight is 428 g/mol. The fourth-order valence-electron chi connectivity index (χ4n) is 4.04. The molecule has 30 heavy (non-hydrogen) atoms. The number of fused-ring (bicyclic) bond motifs is 1. The summed E-state index contributed by atoms with van der Waals surface area (Å²) in [5.74, 6) is 0.946. The number of hydrogen-bond acceptors (Lipinski definition) is 4. The number of ether oxygens (including phenoxy) is 1. The van der Waals surface area contributed by atoms with Gasteiger partial charge in [0.05, 0.1) is 17.9 Å². The number of aromatic nitrogens is 2. The van der Waals surface area contributed by atoms with Crippen molar-refractivity contribution < 1.29 is 9.53 Å². The van der Waals surface area contributed by atoms with Gasteiger partial charge in [-0.15, -0.1) is 0 Å². The third-order valence-electron chi connectivity index (χ3n) is 5.97. The first-order chi connectivity index (χ1) is 14.3. The van der Waals surface area contributed by atoms with Crippen LogP contribution in [0.2, 0.25) is 25.7 Å². The van der Waals surface area contributed by atoms with Crippen LogP contribution in [-0.2, 0) is 11.5 Å². The van der Waals surface area contributed by atoms with Crippen molar-refractivity contribution in [2.75, 3.05) is 37.7 Å². The number of imidazole rings is 1. The molecule has 0 spiro atoms. The molecule has 0 bridgehead atoms. The van der Waals surface area contributed by atoms with Gasteiger partial charge in [-0.3, -0.25) is 4.90 Å². The van der Waals surface area contributed by atoms with Crippen LogP contribution in [0.15, 0.2) is 30.5 Å². The van der Waals surface area contributed by atoms with Crippen molar-refractivity contribution in [3.8, 4) is 11.3 Å². The monoisotopic (exact) mass is 427 g/mol. The Morgan fingerprint density at radius 2 is 2.00 bits per heavy atom. The van der Waals surface area contributed by atoms with Crippen LogP contribution >= 0.6 is 0 Å². The molecule has 0 unspecified atom stereocenters. The second kappa shape index (κ2) is 8.53. The van der Waals surface area contributed by atoms with Crippen LogP contribution in [0.25, 0.3) is 11.3 Å². The van der Waals surface area contributed by atoms with Crippen LogP contribution in [0.5, 0.6) is 0 Å². The molecule has 2 amide bonds. The molecule has 2 aliphatic heterocycles. The van der Waals surface area contributed by atoms with Crippen LogP contribution < -0.4 is 10.2 Å². The topological polar surface area (TPSA) is 62.6 Å². The summed E-state index contributed by atoms with van der Waals surface area (Å²) >= 11 is 0. The number of amides is 2. The van der Waals surface area contributed by atoms with E-state index in [4.69, 9.17) is 4.74 Å². The van der Waals surface area contributed by atoms with Gasteiger partial charge >= 0.3 is 6.03 Å². The van der Waals surface area contributed by atoms with Crippen LogP contribution in [0.1, 0.15) is 5.82 Å². The number of carbonyl (C=O) groups excluding carboxylic acids is 1. The molecule has 0 aliphatic carbocycles. The average Bonchev–Trinajstić information content (AvgIpc) is 3.25. The Balaban J connectivity index is 1.45. The molecule has 1 atom stereocenters. The lowest BCUT2D eigenvalue weighted by atomic mass is 10.1. The summed E-state index contributed by atoms with van der Waals surface area (Å²) < 4.78 is 8.08. The molecule has 2 aliphatic rings. The van der Waals surface area contributed by atoms with Gasteiger partial charge in [-0.25, -0.2) is 9.78 Å². The Labute approximate surface area is 180 Å². The smallest absolute Gasteiger partial charge is 0.324 e. The molecule has 8 heteroatoms. The van der Waals surface area contributed by atoms with Crippen molar-refractivity contribution in [2.24, 2.45) is 0 Å². The number of urea groups is 1. The normalized spacial score (nSPS) is 19.5. The van der Waals surface area contributed by atoms with Crippen LogP contribution in [0.4, 0.5) is 10.5 Å². The molecule has 1 aromatic heterocycles. The Morgan fingerprint density at radius 3 is 2.70 bits per heavy atom. The highest BCUT2D eigenvalue weighted by Gasteiger charge is 2.39. The zero-order valence-corrected chi connectivity index (χ0v) is 19.5. The molecule has 2 aromatic rings. The predicted octanol–water partition coefficient (Wildman–Crippen LogP) is 3.38. The molecule has 3 heterocycles. The molecule has 0 radical (unpaired) electrons. The SMILES string of the molecule is Cc1ncc(-c2ccc(N3C[C@@H]4CNCCN4C3=O)cc2)n1COCC[Si](C)(C)C. The number of carbonyl (C=O) groups is 1. The summed E-state index contributed by atoms with van der Waals surface area (Å²) in [5, 5.41) is 3.38. The highest BCUT2D eigenvalue weighted by atomic mass is 28.3. The quantitative estimate of drug-likeness (QED) is 0.543. The lowest BCUT2D eigenvalue weighted by Crippen LogP contribution is -2.49. The van der Waals surface area contributed by atoms with E-state index in [-0.39, 0.29) is 12.1 Å². The minimum Gasteiger partial charge on any atom is -0.361 e. The number of nitrogens with zero attached hydrogens (tertiary/aromatic N) is 4. The summed E-state index contributed by atoms with van der Waals surface area (Å²) in [7, 11) is -1.10. The number of nitrogens with one attached hydrogen (secondary N) is 1. The maximum absolute atomic E-state index is 12.8. The van der Waals surface area contributed by atoms with Crippen molar-refractivity contribution in [1.82, 2.24) is 19.8 Å². The maximum Gasteiger partial charge on any atom is 0.324 e. The van der Waals surface area contributed by atoms with Gasteiger partial charge in [-0.1, -0.05) is 31.8 Å². The van der Waals surface area contributed by atoms with Crippen molar-refractivity contribution in [3.05, 3.63) is 36.3 Å². The summed E-state index contributed by atoms with van der Waals surface area (Å²) in [6, 6.07) is 9.77. The molecule has 4 rings (SSSR count). The minimum absolute atomic E-state index is 0.117. The standard InChI is InChI=1S/C22H33N5O2Si/c1-17-24-14-21(27(17)16-29-11-12-30(2,3)4)18-5-7-19(8-6-18)26-15-20-13-23-9-10-25(20)22(26)28/h5-8,14,20,23H,9-13,15-16H2,1-4H3/t20-/m0/s1. The van der Waals surface area contributed by atoms with E-state index in [1.54, 1.807) is 0 Å². The van der Waals surface area contributed by atoms with Gasteiger partial charge in [-0.05, 0) is 30.7 Å². The van der Waals surface area contributed by atoms with Gasteiger partial charge in [0.15, 0.2) is 0 Å². The van der Waals surface area contributed by atoms with Gasteiger partial charge in [0.1, 0.15) is 12.6 Å². The largest absolute Gasteiger partial charge is 0.361 e. The van der Waals surface area contributed by atoms with E-state index in [2.05, 4.69) is 46.6 Å². The van der Waals surface area contributed by atoms with Crippen LogP contribution in [0.3, 0.4) is 0 Å². The van der Waals surface area contributed by atoms with Crippen LogP contribution in [-0.4, -0.2) is 67.4 Å². The number of benzene rings is 1. The van der Waals surface area contributed by atoms with Gasteiger partial charge in [0.2, 0.25) is 0 Å². The number of rotatable bonds is 7. The van der Waals surface area contributed by atoms with Crippen molar-refractivity contribution in [3.63, 3.8) is 0 Å². The van der Waals surface area contributed by atoms with E-state index in [1.165, 1.54) is 0 Å². The van der Waals surface area contributed by atoms with Gasteiger partial charge in [0, 0.05) is 46.5 Å². The number of hydrogen-bond donors (Lipinski definition) is 1. The second-order valence-electron chi connectivity index (χ2n) is 9.46. The van der Waals surface area contributed by atoms with E-state index in [1.807, 2.05) is 35.1 Å². The summed E-state index contributed by atoms with van der Waals surface area (Å²) in [6.07, 6.45) is 1.90. The summed E-state index contributed by atoms with van der Waals surface area (Å²) in [6.45, 7) is 13.7. The lowest BCUT2D eigenvalue weighted by molar-refractivity contribution is 0.0868. The Morgan fingerprint density at radius 1 is 1.23 bits per heavy atom. The molecule has 0 saturated carbocycles. The van der Waals surface area contributed by atoms with E-state index in [0.29, 0.717) is 6.73 Å². The van der Waals surface area contributed by atoms with Gasteiger partial charge < -0.3 is 19.5 Å². The third-order valence-corrected chi connectivity index (χ3v) is 7.67. The third kappa shape index (κ3) is 4.45. The predicted molar refractivity (Wildman–Crippen MR) is 123 cm³/mol. The number of piperazine rings is 1. The Hall–Kier alpha value is -2.16. The van der Waals surface area contributed by atoms with Gasteiger partial charge in [0.25, 0.3) is 0 Å². The number of anilines is 1. The zero-order valence-electron chi connectivity index (χ0n) is 18.5. The molecule has 2 fully saturated rings. The molecule has 1 aromatic carbocycles. The summed E-state index contributed by atoms with van der Waals surface area (Å²) in [4.78, 5) is 21.1. The first kappa shape index (κ1) is 21.1. The fourth-order valence-corrected chi connectivity index (χ4v) is 4.80. The van der Waals surface area contributed by atoms with Crippen LogP contribution in [0, 0.1) is 6.92 Å². The van der Waals surface area contributed by atoms with Crippen molar-refractivity contribution in [1.29, 1.82) is 0 Å². The van der Waals surface area contributed by atoms with E-state index >= 15 is 0 Å². The molecular weight excluding hydrogens is 394 g/mol. The second-order valence-corrected chi connectivity index (χ2v) is 15.1. The van der Waals surface area contributed by atoms with E-state index in [9.17, 15) is 4.79 Å². The summed E-state index contributed by atoms with van der Waals surface area (Å²) in [5.41, 5.74) is 3.08. The Kier molecular flexibility index (Phi) is 5.99. The lowest BCUT2D eigenvalue weighted by Gasteiger charge is -2.28. The fraction of sp³-hybridized carbons (Fsp3) is 0.545. The van der Waals surface area contributed by atoms with Gasteiger partial charge in [-0.2, -0.15) is 0 Å².